The van der Waals surface area contributed by atoms with Crippen LogP contribution in [-0.2, 0) is 30.3 Å². The zero-order chi connectivity index (χ0) is 36.2. The standard InChI is InChI=1S/C35H36FN5O8S2/c1-34(2,3)49-33(45)40-28-19-51-32(39-28)22-14-26(50-18-22)16-37-31(44)27-15-35(46-12-13-47-35)20-41(27)29(42)17-38-30(43)21-4-8-24(9-5-21)48-25-10-6-23(36)7-11-25/h4-11,14,18-19,27H,12-13,15-17,20H2,1-3H3,(H,37,44)(H,38,43)(H,40,45)/t27-/m0/s1. The van der Waals surface area contributed by atoms with Crippen LogP contribution in [0.4, 0.5) is 15.0 Å². The summed E-state index contributed by atoms with van der Waals surface area (Å²) in [5, 5.41) is 12.5. The van der Waals surface area contributed by atoms with Gasteiger partial charge in [-0.25, -0.2) is 14.2 Å². The number of nitrogens with zero attached hydrogens (tertiary/aromatic N) is 2. The zero-order valence-corrected chi connectivity index (χ0v) is 29.7. The largest absolute Gasteiger partial charge is 0.457 e. The maximum absolute atomic E-state index is 13.5. The van der Waals surface area contributed by atoms with Crippen molar-refractivity contribution in [2.75, 3.05) is 31.6 Å². The normalized spacial score (nSPS) is 16.5. The number of ether oxygens (including phenoxy) is 4. The van der Waals surface area contributed by atoms with Gasteiger partial charge in [-0.05, 0) is 75.4 Å². The van der Waals surface area contributed by atoms with Crippen molar-refractivity contribution in [3.8, 4) is 22.1 Å². The maximum Gasteiger partial charge on any atom is 0.413 e. The average Bonchev–Trinajstić information content (AvgIpc) is 3.91. The number of thiazole rings is 1. The highest BCUT2D eigenvalue weighted by Gasteiger charge is 2.52. The van der Waals surface area contributed by atoms with Crippen LogP contribution in [0, 0.1) is 5.82 Å². The molecule has 13 nitrogen and oxygen atoms in total. The molecule has 6 rings (SSSR count). The number of rotatable bonds is 10. The molecule has 1 atom stereocenters. The molecule has 0 radical (unpaired) electrons. The SMILES string of the molecule is CC(C)(C)OC(=O)Nc1csc(-c2csc(CNC(=O)[C@@H]3CC4(CN3C(=O)CNC(=O)c3ccc(Oc5ccc(F)cc5)cc3)OCCO4)c2)n1. The van der Waals surface area contributed by atoms with Crippen LogP contribution in [0.2, 0.25) is 0 Å². The molecule has 268 valence electrons. The van der Waals surface area contributed by atoms with Gasteiger partial charge in [0.25, 0.3) is 5.91 Å². The second-order valence-electron chi connectivity index (χ2n) is 12.8. The highest BCUT2D eigenvalue weighted by Crippen LogP contribution is 2.35. The van der Waals surface area contributed by atoms with Gasteiger partial charge in [-0.1, -0.05) is 0 Å². The van der Waals surface area contributed by atoms with Crippen LogP contribution in [0.25, 0.3) is 10.6 Å². The van der Waals surface area contributed by atoms with Gasteiger partial charge in [0.1, 0.15) is 39.8 Å². The van der Waals surface area contributed by atoms with Gasteiger partial charge in [-0.2, -0.15) is 0 Å². The van der Waals surface area contributed by atoms with Crippen LogP contribution in [-0.4, -0.2) is 77.4 Å². The Morgan fingerprint density at radius 2 is 1.67 bits per heavy atom. The molecule has 1 spiro atoms. The number of nitrogens with one attached hydrogen (secondary N) is 3. The van der Waals surface area contributed by atoms with E-state index in [2.05, 4.69) is 20.9 Å². The molecule has 0 bridgehead atoms. The summed E-state index contributed by atoms with van der Waals surface area (Å²) < 4.78 is 35.8. The molecule has 0 unspecified atom stereocenters. The molecule has 2 fully saturated rings. The van der Waals surface area contributed by atoms with Crippen molar-refractivity contribution in [2.45, 2.75) is 51.2 Å². The lowest BCUT2D eigenvalue weighted by atomic mass is 10.1. The van der Waals surface area contributed by atoms with E-state index in [0.29, 0.717) is 41.1 Å². The van der Waals surface area contributed by atoms with E-state index >= 15 is 0 Å². The molecule has 51 heavy (non-hydrogen) atoms. The number of carbonyl (C=O) groups is 4. The van der Waals surface area contributed by atoms with Crippen molar-refractivity contribution in [3.05, 3.63) is 81.6 Å². The summed E-state index contributed by atoms with van der Waals surface area (Å²) in [5.74, 6) is -1.53. The fraction of sp³-hybridized carbons (Fsp3) is 0.343. The van der Waals surface area contributed by atoms with Crippen molar-refractivity contribution < 1.29 is 42.5 Å². The number of benzene rings is 2. The number of anilines is 1. The Morgan fingerprint density at radius 3 is 2.35 bits per heavy atom. The minimum absolute atomic E-state index is 0.0437. The third-order valence-electron chi connectivity index (χ3n) is 7.77. The Labute approximate surface area is 301 Å². The molecule has 2 aliphatic rings. The van der Waals surface area contributed by atoms with Crippen LogP contribution in [0.1, 0.15) is 42.4 Å². The molecule has 0 aliphatic carbocycles. The quantitative estimate of drug-likeness (QED) is 0.190. The predicted octanol–water partition coefficient (Wildman–Crippen LogP) is 5.54. The van der Waals surface area contributed by atoms with Gasteiger partial charge in [0.2, 0.25) is 11.8 Å². The molecule has 16 heteroatoms. The van der Waals surface area contributed by atoms with Crippen molar-refractivity contribution in [1.82, 2.24) is 20.5 Å². The number of halogens is 1. The predicted molar refractivity (Wildman–Crippen MR) is 187 cm³/mol. The number of amides is 4. The summed E-state index contributed by atoms with van der Waals surface area (Å²) in [4.78, 5) is 58.6. The molecule has 4 aromatic rings. The van der Waals surface area contributed by atoms with Gasteiger partial charge in [0.05, 0.1) is 32.8 Å². The summed E-state index contributed by atoms with van der Waals surface area (Å²) in [6.45, 7) is 5.93. The molecule has 2 aliphatic heterocycles. The maximum atomic E-state index is 13.5. The van der Waals surface area contributed by atoms with E-state index in [0.717, 1.165) is 10.4 Å². The summed E-state index contributed by atoms with van der Waals surface area (Å²) in [6, 6.07) is 12.8. The van der Waals surface area contributed by atoms with E-state index in [1.165, 1.54) is 51.8 Å². The fourth-order valence-corrected chi connectivity index (χ4v) is 7.09. The monoisotopic (exact) mass is 737 g/mol. The highest BCUT2D eigenvalue weighted by atomic mass is 32.1. The Morgan fingerprint density at radius 1 is 0.980 bits per heavy atom. The van der Waals surface area contributed by atoms with Crippen molar-refractivity contribution >= 4 is 52.3 Å². The van der Waals surface area contributed by atoms with Crippen molar-refractivity contribution in [1.29, 1.82) is 0 Å². The first kappa shape index (κ1) is 35.9. The van der Waals surface area contributed by atoms with E-state index < -0.39 is 35.3 Å². The van der Waals surface area contributed by atoms with Crippen LogP contribution in [0.5, 0.6) is 11.5 Å². The number of likely N-dealkylation sites (tertiary alicyclic amines) is 1. The van der Waals surface area contributed by atoms with Gasteiger partial charge in [0, 0.05) is 33.2 Å². The minimum Gasteiger partial charge on any atom is -0.457 e. The summed E-state index contributed by atoms with van der Waals surface area (Å²) in [6.07, 6.45) is -0.442. The summed E-state index contributed by atoms with van der Waals surface area (Å²) in [5.41, 5.74) is 0.500. The van der Waals surface area contributed by atoms with E-state index in [9.17, 15) is 23.6 Å². The molecular formula is C35H36FN5O8S2. The Hall–Kier alpha value is -4.90. The number of hydrogen-bond donors (Lipinski definition) is 3. The number of aromatic nitrogens is 1. The topological polar surface area (TPSA) is 157 Å². The summed E-state index contributed by atoms with van der Waals surface area (Å²) >= 11 is 2.80. The molecule has 3 N–H and O–H groups in total. The van der Waals surface area contributed by atoms with E-state index in [1.807, 2.05) is 11.4 Å². The lowest BCUT2D eigenvalue weighted by Crippen LogP contribution is -2.49. The van der Waals surface area contributed by atoms with E-state index in [1.54, 1.807) is 50.4 Å². The molecule has 0 saturated carbocycles. The molecule has 4 heterocycles. The minimum atomic E-state index is -1.09. The van der Waals surface area contributed by atoms with Crippen LogP contribution < -0.4 is 20.7 Å². The van der Waals surface area contributed by atoms with E-state index in [4.69, 9.17) is 18.9 Å². The summed E-state index contributed by atoms with van der Waals surface area (Å²) in [7, 11) is 0. The molecule has 2 aromatic heterocycles. The first-order valence-electron chi connectivity index (χ1n) is 16.0. The van der Waals surface area contributed by atoms with Crippen LogP contribution >= 0.6 is 22.7 Å². The second kappa shape index (κ2) is 15.1. The van der Waals surface area contributed by atoms with Crippen LogP contribution in [0.15, 0.2) is 65.4 Å². The lowest BCUT2D eigenvalue weighted by molar-refractivity contribution is -0.152. The zero-order valence-electron chi connectivity index (χ0n) is 28.0. The van der Waals surface area contributed by atoms with Gasteiger partial charge < -0.3 is 34.5 Å². The Bertz CT molecular complexity index is 1880. The van der Waals surface area contributed by atoms with Gasteiger partial charge in [-0.15, -0.1) is 22.7 Å². The third kappa shape index (κ3) is 9.26. The Kier molecular flexibility index (Phi) is 10.7. The first-order valence-corrected chi connectivity index (χ1v) is 17.8. The number of carbonyl (C=O) groups excluding carboxylic acids is 4. The molecule has 4 amide bonds. The number of thiophene rings is 1. The lowest BCUT2D eigenvalue weighted by Gasteiger charge is -2.24. The number of hydrogen-bond acceptors (Lipinski definition) is 11. The van der Waals surface area contributed by atoms with Crippen molar-refractivity contribution in [2.24, 2.45) is 0 Å². The van der Waals surface area contributed by atoms with Crippen molar-refractivity contribution in [3.63, 3.8) is 0 Å². The molecule has 2 saturated heterocycles. The van der Waals surface area contributed by atoms with Gasteiger partial charge >= 0.3 is 6.09 Å². The van der Waals surface area contributed by atoms with Crippen LogP contribution in [0.3, 0.4) is 0 Å². The highest BCUT2D eigenvalue weighted by molar-refractivity contribution is 7.14. The molecule has 2 aromatic carbocycles. The van der Waals surface area contributed by atoms with Gasteiger partial charge in [0.15, 0.2) is 5.79 Å². The third-order valence-corrected chi connectivity index (χ3v) is 9.59. The fourth-order valence-electron chi connectivity index (χ4n) is 5.46. The Balaban J connectivity index is 1.03. The van der Waals surface area contributed by atoms with E-state index in [-0.39, 0.29) is 37.8 Å². The van der Waals surface area contributed by atoms with Gasteiger partial charge in [-0.3, -0.25) is 19.7 Å². The second-order valence-corrected chi connectivity index (χ2v) is 14.7. The first-order chi connectivity index (χ1) is 24.3. The molecular weight excluding hydrogens is 702 g/mol. The average molecular weight is 738 g/mol. The smallest absolute Gasteiger partial charge is 0.413 e.